The number of nitrogens with zero attached hydrogens (tertiary/aromatic N) is 1. The van der Waals surface area contributed by atoms with Crippen LogP contribution in [-0.4, -0.2) is 19.7 Å². The predicted molar refractivity (Wildman–Crippen MR) is 97.6 cm³/mol. The first-order valence-corrected chi connectivity index (χ1v) is 9.29. The Balaban J connectivity index is 2.13. The van der Waals surface area contributed by atoms with Crippen LogP contribution in [0.4, 0.5) is 5.69 Å². The van der Waals surface area contributed by atoms with E-state index in [4.69, 9.17) is 5.14 Å². The SMILES string of the molecule is NS(=O)(=O)c1ccc(N/N=C/c2cc(Br)cc(I)c2O)cc1. The number of rotatable bonds is 4. The highest BCUT2D eigenvalue weighted by molar-refractivity contribution is 14.1. The van der Waals surface area contributed by atoms with Gasteiger partial charge in [-0.25, -0.2) is 13.6 Å². The fourth-order valence-electron chi connectivity index (χ4n) is 1.58. The Morgan fingerprint density at radius 3 is 2.50 bits per heavy atom. The summed E-state index contributed by atoms with van der Waals surface area (Å²) in [7, 11) is -3.70. The van der Waals surface area contributed by atoms with Crippen LogP contribution in [0.5, 0.6) is 5.75 Å². The number of phenolic OH excluding ortho intramolecular Hbond substituents is 1. The fourth-order valence-corrected chi connectivity index (χ4v) is 3.65. The van der Waals surface area contributed by atoms with E-state index >= 15 is 0 Å². The minimum Gasteiger partial charge on any atom is -0.506 e. The number of hydrogen-bond donors (Lipinski definition) is 3. The van der Waals surface area contributed by atoms with Crippen molar-refractivity contribution < 1.29 is 13.5 Å². The molecule has 0 saturated heterocycles. The topological polar surface area (TPSA) is 105 Å². The van der Waals surface area contributed by atoms with Crippen LogP contribution in [0.15, 0.2) is 50.9 Å². The average Bonchev–Trinajstić information content (AvgIpc) is 2.43. The van der Waals surface area contributed by atoms with E-state index in [1.807, 2.05) is 22.6 Å². The monoisotopic (exact) mass is 495 g/mol. The van der Waals surface area contributed by atoms with Crippen LogP contribution in [0.25, 0.3) is 0 Å². The first-order valence-electron chi connectivity index (χ1n) is 5.87. The lowest BCUT2D eigenvalue weighted by Gasteiger charge is -2.04. The molecule has 0 radical (unpaired) electrons. The van der Waals surface area contributed by atoms with Gasteiger partial charge in [0.2, 0.25) is 10.0 Å². The second-order valence-corrected chi connectivity index (χ2v) is 7.90. The summed E-state index contributed by atoms with van der Waals surface area (Å²) < 4.78 is 23.8. The van der Waals surface area contributed by atoms with Crippen molar-refractivity contribution in [3.63, 3.8) is 0 Å². The number of anilines is 1. The van der Waals surface area contributed by atoms with E-state index in [1.54, 1.807) is 24.3 Å². The number of nitrogens with two attached hydrogens (primary N) is 1. The van der Waals surface area contributed by atoms with Gasteiger partial charge in [-0.3, -0.25) is 5.43 Å². The predicted octanol–water partition coefficient (Wildman–Crippen LogP) is 2.85. The number of benzene rings is 2. The maximum Gasteiger partial charge on any atom is 0.238 e. The summed E-state index contributed by atoms with van der Waals surface area (Å²) in [6.07, 6.45) is 1.47. The molecular formula is C13H11BrIN3O3S. The molecule has 0 aromatic heterocycles. The molecule has 0 saturated carbocycles. The second-order valence-electron chi connectivity index (χ2n) is 4.26. The lowest BCUT2D eigenvalue weighted by Crippen LogP contribution is -2.11. The first kappa shape index (κ1) is 17.2. The molecule has 0 amide bonds. The van der Waals surface area contributed by atoms with Crippen LogP contribution >= 0.6 is 38.5 Å². The normalized spacial score (nSPS) is 11.8. The summed E-state index contributed by atoms with van der Waals surface area (Å²) in [5, 5.41) is 18.9. The summed E-state index contributed by atoms with van der Waals surface area (Å²) in [5.74, 6) is 0.138. The molecule has 0 heterocycles. The number of sulfonamides is 1. The zero-order valence-electron chi connectivity index (χ0n) is 11.0. The number of hydrogen-bond acceptors (Lipinski definition) is 5. The average molecular weight is 496 g/mol. The molecule has 116 valence electrons. The van der Waals surface area contributed by atoms with Crippen molar-refractivity contribution in [1.29, 1.82) is 0 Å². The van der Waals surface area contributed by atoms with Crippen LogP contribution in [-0.2, 0) is 10.0 Å². The van der Waals surface area contributed by atoms with Gasteiger partial charge in [0.15, 0.2) is 0 Å². The van der Waals surface area contributed by atoms with Crippen molar-refractivity contribution in [3.8, 4) is 5.75 Å². The number of phenols is 1. The Labute approximate surface area is 149 Å². The van der Waals surface area contributed by atoms with Gasteiger partial charge >= 0.3 is 0 Å². The molecule has 4 N–H and O–H groups in total. The third kappa shape index (κ3) is 4.41. The van der Waals surface area contributed by atoms with E-state index < -0.39 is 10.0 Å². The molecule has 0 spiro atoms. The van der Waals surface area contributed by atoms with Crippen LogP contribution in [0.3, 0.4) is 0 Å². The van der Waals surface area contributed by atoms with Crippen molar-refractivity contribution in [2.45, 2.75) is 4.90 Å². The van der Waals surface area contributed by atoms with Crippen LogP contribution < -0.4 is 10.6 Å². The highest BCUT2D eigenvalue weighted by Gasteiger charge is 2.07. The molecule has 6 nitrogen and oxygen atoms in total. The van der Waals surface area contributed by atoms with Gasteiger partial charge in [0, 0.05) is 10.0 Å². The molecule has 0 fully saturated rings. The molecule has 2 aromatic rings. The zero-order valence-corrected chi connectivity index (χ0v) is 15.6. The fraction of sp³-hybridized carbons (Fsp3) is 0. The van der Waals surface area contributed by atoms with Crippen molar-refractivity contribution in [1.82, 2.24) is 0 Å². The lowest BCUT2D eigenvalue weighted by molar-refractivity contribution is 0.470. The number of halogens is 2. The summed E-state index contributed by atoms with van der Waals surface area (Å²) in [5.41, 5.74) is 3.88. The molecule has 9 heteroatoms. The van der Waals surface area contributed by atoms with Crippen molar-refractivity contribution in [2.75, 3.05) is 5.43 Å². The Hall–Kier alpha value is -1.17. The first-order chi connectivity index (χ1) is 10.3. The van der Waals surface area contributed by atoms with Gasteiger partial charge in [0.25, 0.3) is 0 Å². The molecule has 22 heavy (non-hydrogen) atoms. The van der Waals surface area contributed by atoms with Gasteiger partial charge in [-0.15, -0.1) is 0 Å². The molecule has 2 rings (SSSR count). The van der Waals surface area contributed by atoms with E-state index in [1.165, 1.54) is 18.3 Å². The molecule has 0 aliphatic rings. The Morgan fingerprint density at radius 1 is 1.27 bits per heavy atom. The molecule has 0 bridgehead atoms. The van der Waals surface area contributed by atoms with E-state index in [2.05, 4.69) is 26.5 Å². The van der Waals surface area contributed by atoms with E-state index in [-0.39, 0.29) is 10.6 Å². The van der Waals surface area contributed by atoms with Gasteiger partial charge in [-0.05, 0) is 59.0 Å². The molecular weight excluding hydrogens is 485 g/mol. The van der Waals surface area contributed by atoms with E-state index in [0.717, 1.165) is 4.47 Å². The van der Waals surface area contributed by atoms with Crippen LogP contribution in [0, 0.1) is 3.57 Å². The van der Waals surface area contributed by atoms with Gasteiger partial charge in [0.05, 0.1) is 20.4 Å². The standard InChI is InChI=1S/C13H11BrIN3O3S/c14-9-5-8(13(19)12(15)6-9)7-17-18-10-1-3-11(4-2-10)22(16,20)21/h1-7,18-19H,(H2,16,20,21)/b17-7+. The Kier molecular flexibility index (Phi) is 5.42. The second kappa shape index (κ2) is 6.94. The van der Waals surface area contributed by atoms with Gasteiger partial charge in [0.1, 0.15) is 5.75 Å². The maximum atomic E-state index is 11.1. The molecule has 0 atom stereocenters. The van der Waals surface area contributed by atoms with Crippen LogP contribution in [0.1, 0.15) is 5.56 Å². The van der Waals surface area contributed by atoms with E-state index in [0.29, 0.717) is 14.8 Å². The smallest absolute Gasteiger partial charge is 0.238 e. The zero-order chi connectivity index (χ0) is 16.3. The summed E-state index contributed by atoms with van der Waals surface area (Å²) in [4.78, 5) is 0.0289. The summed E-state index contributed by atoms with van der Waals surface area (Å²) >= 11 is 5.36. The van der Waals surface area contributed by atoms with Gasteiger partial charge < -0.3 is 5.11 Å². The summed E-state index contributed by atoms with van der Waals surface area (Å²) in [6, 6.07) is 9.36. The minimum absolute atomic E-state index is 0.0289. The quantitative estimate of drug-likeness (QED) is 0.344. The number of nitrogens with one attached hydrogen (secondary N) is 1. The van der Waals surface area contributed by atoms with Crippen molar-refractivity contribution >= 4 is 60.4 Å². The third-order valence-corrected chi connectivity index (χ3v) is 4.85. The number of aromatic hydroxyl groups is 1. The summed E-state index contributed by atoms with van der Waals surface area (Å²) in [6.45, 7) is 0. The molecule has 0 aliphatic carbocycles. The third-order valence-electron chi connectivity index (χ3n) is 2.64. The number of hydrazone groups is 1. The Bertz CT molecular complexity index is 823. The largest absolute Gasteiger partial charge is 0.506 e. The highest BCUT2D eigenvalue weighted by Crippen LogP contribution is 2.27. The van der Waals surface area contributed by atoms with Gasteiger partial charge in [-0.2, -0.15) is 5.10 Å². The molecule has 0 aliphatic heterocycles. The lowest BCUT2D eigenvalue weighted by atomic mass is 10.2. The van der Waals surface area contributed by atoms with Crippen molar-refractivity contribution in [3.05, 3.63) is 50.0 Å². The van der Waals surface area contributed by atoms with Crippen LogP contribution in [0.2, 0.25) is 0 Å². The Morgan fingerprint density at radius 2 is 1.91 bits per heavy atom. The number of primary sulfonamides is 1. The van der Waals surface area contributed by atoms with E-state index in [9.17, 15) is 13.5 Å². The van der Waals surface area contributed by atoms with Crippen molar-refractivity contribution in [2.24, 2.45) is 10.2 Å². The highest BCUT2D eigenvalue weighted by atomic mass is 127. The molecule has 0 unspecified atom stereocenters. The minimum atomic E-state index is -3.70. The van der Waals surface area contributed by atoms with Gasteiger partial charge in [-0.1, -0.05) is 15.9 Å². The maximum absolute atomic E-state index is 11.1. The molecule has 2 aromatic carbocycles.